The van der Waals surface area contributed by atoms with E-state index in [4.69, 9.17) is 10.5 Å². The lowest BCUT2D eigenvalue weighted by Crippen LogP contribution is -2.41. The Morgan fingerprint density at radius 1 is 1.17 bits per heavy atom. The van der Waals surface area contributed by atoms with Gasteiger partial charge in [-0.25, -0.2) is 0 Å². The minimum absolute atomic E-state index is 0.0550. The van der Waals surface area contributed by atoms with Gasteiger partial charge in [0.1, 0.15) is 6.10 Å². The highest BCUT2D eigenvalue weighted by molar-refractivity contribution is 5.81. The number of ether oxygens (including phenoxy) is 1. The highest BCUT2D eigenvalue weighted by Gasteiger charge is 2.34. The monoisotopic (exact) mass is 331 g/mol. The molecule has 0 saturated carbocycles. The van der Waals surface area contributed by atoms with Crippen molar-refractivity contribution in [2.24, 2.45) is 5.73 Å². The Balaban J connectivity index is 1.56. The SMILES string of the molecule is CC1CCN(C(=O)[C@@H]2CC[C@H](CN)O2)CCN1Cc1ccccc1. The van der Waals surface area contributed by atoms with Crippen molar-refractivity contribution in [2.75, 3.05) is 26.2 Å². The summed E-state index contributed by atoms with van der Waals surface area (Å²) in [7, 11) is 0. The maximum atomic E-state index is 12.7. The lowest BCUT2D eigenvalue weighted by Gasteiger charge is -2.26. The van der Waals surface area contributed by atoms with Crippen molar-refractivity contribution < 1.29 is 9.53 Å². The Bertz CT molecular complexity index is 537. The number of hydrogen-bond acceptors (Lipinski definition) is 4. The predicted octanol–water partition coefficient (Wildman–Crippen LogP) is 1.62. The van der Waals surface area contributed by atoms with Gasteiger partial charge in [0.15, 0.2) is 0 Å². The van der Waals surface area contributed by atoms with Crippen LogP contribution in [0.25, 0.3) is 0 Å². The fourth-order valence-electron chi connectivity index (χ4n) is 3.64. The number of hydrogen-bond donors (Lipinski definition) is 1. The lowest BCUT2D eigenvalue weighted by molar-refractivity contribution is -0.142. The largest absolute Gasteiger partial charge is 0.364 e. The Hall–Kier alpha value is -1.43. The smallest absolute Gasteiger partial charge is 0.251 e. The Morgan fingerprint density at radius 2 is 1.96 bits per heavy atom. The van der Waals surface area contributed by atoms with Crippen LogP contribution >= 0.6 is 0 Å². The molecule has 0 spiro atoms. The van der Waals surface area contributed by atoms with Gasteiger partial charge in [-0.3, -0.25) is 9.69 Å². The van der Waals surface area contributed by atoms with Gasteiger partial charge in [0, 0.05) is 38.8 Å². The zero-order chi connectivity index (χ0) is 16.9. The van der Waals surface area contributed by atoms with Crippen LogP contribution in [0.15, 0.2) is 30.3 Å². The molecule has 1 aromatic rings. The second kappa shape index (κ2) is 8.10. The minimum atomic E-state index is -0.283. The van der Waals surface area contributed by atoms with Gasteiger partial charge in [-0.15, -0.1) is 0 Å². The number of benzene rings is 1. The van der Waals surface area contributed by atoms with Gasteiger partial charge in [0.2, 0.25) is 0 Å². The fourth-order valence-corrected chi connectivity index (χ4v) is 3.64. The molecule has 0 bridgehead atoms. The summed E-state index contributed by atoms with van der Waals surface area (Å²) in [5.41, 5.74) is 6.98. The van der Waals surface area contributed by atoms with Crippen LogP contribution in [0.5, 0.6) is 0 Å². The third kappa shape index (κ3) is 4.15. The van der Waals surface area contributed by atoms with Crippen molar-refractivity contribution in [2.45, 2.75) is 51.0 Å². The molecule has 2 saturated heterocycles. The van der Waals surface area contributed by atoms with Crippen LogP contribution in [0.1, 0.15) is 31.7 Å². The summed E-state index contributed by atoms with van der Waals surface area (Å²) in [6, 6.07) is 11.0. The Morgan fingerprint density at radius 3 is 2.67 bits per heavy atom. The summed E-state index contributed by atoms with van der Waals surface area (Å²) in [6.45, 7) is 6.22. The van der Waals surface area contributed by atoms with E-state index in [0.717, 1.165) is 45.4 Å². The predicted molar refractivity (Wildman–Crippen MR) is 94.5 cm³/mol. The summed E-state index contributed by atoms with van der Waals surface area (Å²) >= 11 is 0. The van der Waals surface area contributed by atoms with Gasteiger partial charge >= 0.3 is 0 Å². The zero-order valence-electron chi connectivity index (χ0n) is 14.6. The quantitative estimate of drug-likeness (QED) is 0.911. The van der Waals surface area contributed by atoms with Gasteiger partial charge < -0.3 is 15.4 Å². The van der Waals surface area contributed by atoms with E-state index in [-0.39, 0.29) is 18.1 Å². The van der Waals surface area contributed by atoms with Gasteiger partial charge in [-0.1, -0.05) is 30.3 Å². The van der Waals surface area contributed by atoms with Crippen molar-refractivity contribution >= 4 is 5.91 Å². The standard InChI is InChI=1S/C19H29N3O2/c1-15-9-10-21(19(23)18-8-7-17(13-20)24-18)11-12-22(15)14-16-5-3-2-4-6-16/h2-6,15,17-18H,7-14,20H2,1H3/t15?,17-,18+/m1/s1. The number of rotatable bonds is 4. The first-order valence-corrected chi connectivity index (χ1v) is 9.09. The van der Waals surface area contributed by atoms with E-state index in [1.54, 1.807) is 0 Å². The van der Waals surface area contributed by atoms with Crippen molar-refractivity contribution in [1.29, 1.82) is 0 Å². The maximum Gasteiger partial charge on any atom is 0.251 e. The van der Waals surface area contributed by atoms with Gasteiger partial charge in [-0.05, 0) is 31.7 Å². The van der Waals surface area contributed by atoms with E-state index in [1.165, 1.54) is 5.56 Å². The van der Waals surface area contributed by atoms with Crippen LogP contribution in [-0.2, 0) is 16.1 Å². The van der Waals surface area contributed by atoms with Crippen molar-refractivity contribution in [3.8, 4) is 0 Å². The first-order chi connectivity index (χ1) is 11.7. The summed E-state index contributed by atoms with van der Waals surface area (Å²) in [5, 5.41) is 0. The maximum absolute atomic E-state index is 12.7. The molecule has 3 rings (SSSR count). The summed E-state index contributed by atoms with van der Waals surface area (Å²) in [4.78, 5) is 17.2. The number of nitrogens with zero attached hydrogens (tertiary/aromatic N) is 2. The third-order valence-corrected chi connectivity index (χ3v) is 5.28. The number of nitrogens with two attached hydrogens (primary N) is 1. The molecule has 5 nitrogen and oxygen atoms in total. The average Bonchev–Trinajstić information content (AvgIpc) is 3.02. The number of carbonyl (C=O) groups is 1. The fraction of sp³-hybridized carbons (Fsp3) is 0.632. The molecule has 132 valence electrons. The summed E-state index contributed by atoms with van der Waals surface area (Å²) in [5.74, 6) is 0.153. The normalized spacial score (nSPS) is 28.8. The summed E-state index contributed by atoms with van der Waals surface area (Å²) in [6.07, 6.45) is 2.48. The second-order valence-corrected chi connectivity index (χ2v) is 6.98. The zero-order valence-corrected chi connectivity index (χ0v) is 14.6. The molecule has 24 heavy (non-hydrogen) atoms. The molecule has 2 N–H and O–H groups in total. The van der Waals surface area contributed by atoms with Gasteiger partial charge in [-0.2, -0.15) is 0 Å². The van der Waals surface area contributed by atoms with Crippen LogP contribution in [0, 0.1) is 0 Å². The topological polar surface area (TPSA) is 58.8 Å². The molecule has 2 fully saturated rings. The van der Waals surface area contributed by atoms with E-state index in [0.29, 0.717) is 12.6 Å². The molecule has 0 radical (unpaired) electrons. The Labute approximate surface area is 144 Å². The van der Waals surface area contributed by atoms with Crippen LogP contribution in [0.4, 0.5) is 0 Å². The molecule has 1 unspecified atom stereocenters. The van der Waals surface area contributed by atoms with Gasteiger partial charge in [0.25, 0.3) is 5.91 Å². The van der Waals surface area contributed by atoms with Crippen molar-refractivity contribution in [1.82, 2.24) is 9.80 Å². The first-order valence-electron chi connectivity index (χ1n) is 9.09. The molecule has 1 aromatic carbocycles. The molecule has 3 atom stereocenters. The molecule has 2 aliphatic rings. The molecule has 2 heterocycles. The average molecular weight is 331 g/mol. The van der Waals surface area contributed by atoms with Crippen LogP contribution in [0.3, 0.4) is 0 Å². The first kappa shape index (κ1) is 17.4. The third-order valence-electron chi connectivity index (χ3n) is 5.28. The van der Waals surface area contributed by atoms with E-state index < -0.39 is 0 Å². The molecule has 0 aliphatic carbocycles. The van der Waals surface area contributed by atoms with Crippen LogP contribution in [0.2, 0.25) is 0 Å². The molecular formula is C19H29N3O2. The molecule has 5 heteroatoms. The lowest BCUT2D eigenvalue weighted by atomic mass is 10.1. The van der Waals surface area contributed by atoms with E-state index in [1.807, 2.05) is 11.0 Å². The van der Waals surface area contributed by atoms with E-state index in [2.05, 4.69) is 36.1 Å². The molecule has 2 aliphatic heterocycles. The molecule has 0 aromatic heterocycles. The molecular weight excluding hydrogens is 302 g/mol. The van der Waals surface area contributed by atoms with Crippen LogP contribution in [-0.4, -0.2) is 60.1 Å². The Kier molecular flexibility index (Phi) is 5.87. The highest BCUT2D eigenvalue weighted by atomic mass is 16.5. The number of carbonyl (C=O) groups excluding carboxylic acids is 1. The molecule has 1 amide bonds. The number of amides is 1. The van der Waals surface area contributed by atoms with E-state index >= 15 is 0 Å². The van der Waals surface area contributed by atoms with Gasteiger partial charge in [0.05, 0.1) is 6.10 Å². The van der Waals surface area contributed by atoms with Crippen LogP contribution < -0.4 is 5.73 Å². The van der Waals surface area contributed by atoms with Crippen molar-refractivity contribution in [3.05, 3.63) is 35.9 Å². The minimum Gasteiger partial charge on any atom is -0.364 e. The van der Waals surface area contributed by atoms with Crippen molar-refractivity contribution in [3.63, 3.8) is 0 Å². The van der Waals surface area contributed by atoms with E-state index in [9.17, 15) is 4.79 Å². The summed E-state index contributed by atoms with van der Waals surface area (Å²) < 4.78 is 5.79. The second-order valence-electron chi connectivity index (χ2n) is 6.98. The highest BCUT2D eigenvalue weighted by Crippen LogP contribution is 2.22.